The average molecular weight is 545 g/mol. The fourth-order valence-electron chi connectivity index (χ4n) is 4.35. The fourth-order valence-corrected chi connectivity index (χ4v) is 4.92. The average Bonchev–Trinajstić information content (AvgIpc) is 2.83. The summed E-state index contributed by atoms with van der Waals surface area (Å²) in [5.74, 6) is -0.966. The molecule has 4 rings (SSSR count). The van der Waals surface area contributed by atoms with Gasteiger partial charge >= 0.3 is 6.03 Å². The highest BCUT2D eigenvalue weighted by atomic mass is 79.9. The number of carbonyl (C=O) groups is 3. The molecule has 1 aliphatic heterocycles. The summed E-state index contributed by atoms with van der Waals surface area (Å²) in [6.07, 6.45) is 5.85. The first kappa shape index (κ1) is 24.9. The van der Waals surface area contributed by atoms with E-state index in [9.17, 15) is 18.8 Å². The molecule has 0 radical (unpaired) electrons. The molecule has 35 heavy (non-hydrogen) atoms. The van der Waals surface area contributed by atoms with E-state index in [0.717, 1.165) is 32.1 Å². The molecule has 0 bridgehead atoms. The summed E-state index contributed by atoms with van der Waals surface area (Å²) in [6, 6.07) is 8.75. The minimum atomic E-state index is -0.735. The molecule has 1 N–H and O–H groups in total. The minimum absolute atomic E-state index is 0.00879. The Morgan fingerprint density at radius 2 is 1.86 bits per heavy atom. The van der Waals surface area contributed by atoms with Crippen LogP contribution < -0.4 is 14.8 Å². The Morgan fingerprint density at radius 3 is 2.57 bits per heavy atom. The molecule has 2 aromatic carbocycles. The number of nitrogens with one attached hydrogen (secondary N) is 1. The number of urea groups is 1. The summed E-state index contributed by atoms with van der Waals surface area (Å²) in [4.78, 5) is 39.3. The van der Waals surface area contributed by atoms with E-state index in [4.69, 9.17) is 9.47 Å². The molecule has 1 heterocycles. The van der Waals surface area contributed by atoms with Crippen LogP contribution in [-0.2, 0) is 16.2 Å². The number of carbonyl (C=O) groups excluding carboxylic acids is 3. The Kier molecular flexibility index (Phi) is 7.85. The highest BCUT2D eigenvalue weighted by Gasteiger charge is 2.40. The van der Waals surface area contributed by atoms with Crippen molar-refractivity contribution in [3.05, 3.63) is 63.4 Å². The second-order valence-corrected chi connectivity index (χ2v) is 9.28. The predicted octanol–water partition coefficient (Wildman–Crippen LogP) is 5.36. The number of nitrogens with zero attached hydrogens (tertiary/aromatic N) is 1. The van der Waals surface area contributed by atoms with Crippen LogP contribution in [0.1, 0.15) is 50.2 Å². The Balaban J connectivity index is 1.62. The molecule has 2 aliphatic rings. The largest absolute Gasteiger partial charge is 0.490 e. The van der Waals surface area contributed by atoms with Crippen LogP contribution in [0.4, 0.5) is 9.18 Å². The normalized spacial score (nSPS) is 18.1. The monoisotopic (exact) mass is 544 g/mol. The van der Waals surface area contributed by atoms with Gasteiger partial charge in [-0.3, -0.25) is 19.8 Å². The van der Waals surface area contributed by atoms with Crippen molar-refractivity contribution in [2.24, 2.45) is 0 Å². The topological polar surface area (TPSA) is 84.9 Å². The smallest absolute Gasteiger partial charge is 0.331 e. The zero-order chi connectivity index (χ0) is 24.9. The minimum Gasteiger partial charge on any atom is -0.490 e. The number of barbiturate groups is 1. The van der Waals surface area contributed by atoms with Crippen molar-refractivity contribution >= 4 is 39.9 Å². The summed E-state index contributed by atoms with van der Waals surface area (Å²) < 4.78 is 26.1. The van der Waals surface area contributed by atoms with Gasteiger partial charge in [0.25, 0.3) is 11.8 Å². The molecular weight excluding hydrogens is 519 g/mol. The lowest BCUT2D eigenvalue weighted by molar-refractivity contribution is -0.132. The molecule has 7 nitrogen and oxygen atoms in total. The van der Waals surface area contributed by atoms with Crippen LogP contribution in [0.25, 0.3) is 6.08 Å². The SMILES string of the molecule is CCOc1cc(C=C2C(=O)NC(=O)N(C3CCCCC3)C2=O)cc(Br)c1OCc1ccccc1F. The standard InChI is InChI=1S/C26H26BrFN2O5/c1-2-34-22-14-16(13-20(27)23(22)35-15-17-8-6-7-11-21(17)28)12-19-24(31)29-26(33)30(25(19)32)18-9-4-3-5-10-18/h6-8,11-14,18H,2-5,9-10,15H2,1H3,(H,29,31,33). The van der Waals surface area contributed by atoms with E-state index in [1.165, 1.54) is 17.0 Å². The molecule has 0 atom stereocenters. The van der Waals surface area contributed by atoms with Gasteiger partial charge in [0.2, 0.25) is 0 Å². The number of imide groups is 2. The van der Waals surface area contributed by atoms with E-state index in [1.54, 1.807) is 30.3 Å². The number of amides is 4. The van der Waals surface area contributed by atoms with Gasteiger partial charge in [-0.05, 0) is 65.5 Å². The number of benzene rings is 2. The van der Waals surface area contributed by atoms with E-state index in [0.29, 0.717) is 33.7 Å². The summed E-state index contributed by atoms with van der Waals surface area (Å²) in [7, 11) is 0. The van der Waals surface area contributed by atoms with E-state index < -0.39 is 17.8 Å². The van der Waals surface area contributed by atoms with E-state index >= 15 is 0 Å². The van der Waals surface area contributed by atoms with E-state index in [-0.39, 0.29) is 24.0 Å². The Morgan fingerprint density at radius 1 is 1.11 bits per heavy atom. The van der Waals surface area contributed by atoms with E-state index in [1.807, 2.05) is 6.92 Å². The van der Waals surface area contributed by atoms with Crippen molar-refractivity contribution in [2.45, 2.75) is 51.7 Å². The first-order valence-corrected chi connectivity index (χ1v) is 12.4. The number of hydrogen-bond donors (Lipinski definition) is 1. The highest BCUT2D eigenvalue weighted by Crippen LogP contribution is 2.38. The Hall–Kier alpha value is -3.20. The maximum absolute atomic E-state index is 14.0. The summed E-state index contributed by atoms with van der Waals surface area (Å²) >= 11 is 3.46. The lowest BCUT2D eigenvalue weighted by atomic mass is 9.93. The Bertz CT molecular complexity index is 1180. The van der Waals surface area contributed by atoms with Crippen LogP contribution in [0.5, 0.6) is 11.5 Å². The van der Waals surface area contributed by atoms with Gasteiger partial charge in [-0.15, -0.1) is 0 Å². The van der Waals surface area contributed by atoms with Gasteiger partial charge in [0, 0.05) is 11.6 Å². The third-order valence-corrected chi connectivity index (χ3v) is 6.63. The molecule has 1 saturated heterocycles. The van der Waals surface area contributed by atoms with Crippen molar-refractivity contribution in [1.29, 1.82) is 0 Å². The summed E-state index contributed by atoms with van der Waals surface area (Å²) in [5, 5.41) is 2.29. The second-order valence-electron chi connectivity index (χ2n) is 8.43. The molecule has 2 fully saturated rings. The van der Waals surface area contributed by atoms with Crippen molar-refractivity contribution in [3.8, 4) is 11.5 Å². The van der Waals surface area contributed by atoms with Crippen molar-refractivity contribution in [3.63, 3.8) is 0 Å². The molecule has 0 spiro atoms. The zero-order valence-corrected chi connectivity index (χ0v) is 20.9. The molecule has 184 valence electrons. The van der Waals surface area contributed by atoms with Crippen LogP contribution in [0.2, 0.25) is 0 Å². The highest BCUT2D eigenvalue weighted by molar-refractivity contribution is 9.10. The number of ether oxygens (including phenoxy) is 2. The number of rotatable bonds is 7. The molecule has 1 aliphatic carbocycles. The maximum Gasteiger partial charge on any atom is 0.331 e. The lowest BCUT2D eigenvalue weighted by Gasteiger charge is -2.35. The molecular formula is C26H26BrFN2O5. The molecule has 9 heteroatoms. The summed E-state index contributed by atoms with van der Waals surface area (Å²) in [6.45, 7) is 2.14. The van der Waals surface area contributed by atoms with E-state index in [2.05, 4.69) is 21.2 Å². The number of halogens is 2. The van der Waals surface area contributed by atoms with Crippen molar-refractivity contribution in [1.82, 2.24) is 10.2 Å². The van der Waals surface area contributed by atoms with Gasteiger partial charge in [-0.1, -0.05) is 37.5 Å². The lowest BCUT2D eigenvalue weighted by Crippen LogP contribution is -2.58. The first-order chi connectivity index (χ1) is 16.9. The maximum atomic E-state index is 14.0. The summed E-state index contributed by atoms with van der Waals surface area (Å²) in [5.41, 5.74) is 0.782. The first-order valence-electron chi connectivity index (χ1n) is 11.6. The van der Waals surface area contributed by atoms with Crippen molar-refractivity contribution in [2.75, 3.05) is 6.61 Å². The van der Waals surface area contributed by atoms with Gasteiger partial charge in [0.05, 0.1) is 11.1 Å². The van der Waals surface area contributed by atoms with Gasteiger partial charge in [0.1, 0.15) is 18.0 Å². The van der Waals surface area contributed by atoms with Crippen molar-refractivity contribution < 1.29 is 28.2 Å². The molecule has 1 saturated carbocycles. The van der Waals surface area contributed by atoms with Crippen LogP contribution in [0.15, 0.2) is 46.4 Å². The van der Waals surface area contributed by atoms with Gasteiger partial charge in [-0.25, -0.2) is 9.18 Å². The van der Waals surface area contributed by atoms with Crippen LogP contribution in [0.3, 0.4) is 0 Å². The molecule has 0 unspecified atom stereocenters. The molecule has 4 amide bonds. The molecule has 2 aromatic rings. The number of hydrogen-bond acceptors (Lipinski definition) is 5. The third kappa shape index (κ3) is 5.56. The van der Waals surface area contributed by atoms with Gasteiger partial charge in [0.15, 0.2) is 11.5 Å². The van der Waals surface area contributed by atoms with Crippen LogP contribution >= 0.6 is 15.9 Å². The van der Waals surface area contributed by atoms with Gasteiger partial charge in [-0.2, -0.15) is 0 Å². The van der Waals surface area contributed by atoms with Gasteiger partial charge < -0.3 is 9.47 Å². The fraction of sp³-hybridized carbons (Fsp3) is 0.346. The molecule has 0 aromatic heterocycles. The Labute approximate surface area is 211 Å². The quantitative estimate of drug-likeness (QED) is 0.374. The third-order valence-electron chi connectivity index (χ3n) is 6.05. The second kappa shape index (κ2) is 11.0. The predicted molar refractivity (Wildman–Crippen MR) is 131 cm³/mol. The zero-order valence-electron chi connectivity index (χ0n) is 19.3. The van der Waals surface area contributed by atoms with Crippen LogP contribution in [-0.4, -0.2) is 35.4 Å². The van der Waals surface area contributed by atoms with Crippen LogP contribution in [0, 0.1) is 5.82 Å².